The van der Waals surface area contributed by atoms with E-state index in [4.69, 9.17) is 0 Å². The summed E-state index contributed by atoms with van der Waals surface area (Å²) >= 11 is 0. The highest BCUT2D eigenvalue weighted by Gasteiger charge is 2.61. The molecule has 0 aliphatic heterocycles. The fourth-order valence-corrected chi connectivity index (χ4v) is 7.43. The Morgan fingerprint density at radius 2 is 1.94 bits per heavy atom. The topological polar surface area (TPSA) is 77.2 Å². The van der Waals surface area contributed by atoms with Crippen LogP contribution in [-0.4, -0.2) is 40.2 Å². The lowest BCUT2D eigenvalue weighted by Gasteiger charge is -2.51. The van der Waals surface area contributed by atoms with Crippen LogP contribution in [0.1, 0.15) is 84.1 Å². The van der Waals surface area contributed by atoms with E-state index in [1.165, 1.54) is 30.2 Å². The van der Waals surface area contributed by atoms with Crippen LogP contribution >= 0.6 is 0 Å². The lowest BCUT2D eigenvalue weighted by molar-refractivity contribution is -0.123. The minimum atomic E-state index is -0.585. The summed E-state index contributed by atoms with van der Waals surface area (Å²) in [6.45, 7) is 7.45. The van der Waals surface area contributed by atoms with Crippen molar-refractivity contribution >= 4 is 16.8 Å². The molecule has 34 heavy (non-hydrogen) atoms. The molecule has 1 heterocycles. The van der Waals surface area contributed by atoms with Crippen molar-refractivity contribution in [2.24, 2.45) is 16.7 Å². The van der Waals surface area contributed by atoms with Gasteiger partial charge in [-0.2, -0.15) is 0 Å². The molecule has 3 aliphatic carbocycles. The highest BCUT2D eigenvalue weighted by molar-refractivity contribution is 5.83. The van der Waals surface area contributed by atoms with Crippen molar-refractivity contribution in [2.75, 3.05) is 6.54 Å². The summed E-state index contributed by atoms with van der Waals surface area (Å²) in [5.74, 6) is 0.609. The highest BCUT2D eigenvalue weighted by atomic mass is 16.3. The van der Waals surface area contributed by atoms with Crippen LogP contribution in [0, 0.1) is 16.7 Å². The van der Waals surface area contributed by atoms with Gasteiger partial charge in [0.05, 0.1) is 5.60 Å². The van der Waals surface area contributed by atoms with Crippen LogP contribution in [0.15, 0.2) is 30.5 Å². The van der Waals surface area contributed by atoms with E-state index in [1.54, 1.807) is 0 Å². The minimum absolute atomic E-state index is 0.107. The molecule has 186 valence electrons. The maximum atomic E-state index is 13.0. The zero-order chi connectivity index (χ0) is 24.0. The molecule has 3 fully saturated rings. The number of benzene rings is 1. The number of rotatable bonds is 8. The summed E-state index contributed by atoms with van der Waals surface area (Å²) in [6.07, 6.45) is 12.1. The predicted octanol–water partition coefficient (Wildman–Crippen LogP) is 5.08. The molecule has 3 saturated carbocycles. The molecule has 0 bridgehead atoms. The van der Waals surface area contributed by atoms with Crippen LogP contribution in [0.3, 0.4) is 0 Å². The zero-order valence-corrected chi connectivity index (χ0v) is 21.3. The van der Waals surface area contributed by atoms with Crippen LogP contribution in [0.5, 0.6) is 0 Å². The van der Waals surface area contributed by atoms with Gasteiger partial charge in [0.2, 0.25) is 5.91 Å². The summed E-state index contributed by atoms with van der Waals surface area (Å²) in [5.41, 5.74) is 2.10. The Kier molecular flexibility index (Phi) is 6.31. The van der Waals surface area contributed by atoms with E-state index in [0.717, 1.165) is 44.0 Å². The Balaban J connectivity index is 1.23. The first-order valence-corrected chi connectivity index (χ1v) is 13.5. The van der Waals surface area contributed by atoms with Crippen LogP contribution in [0.25, 0.3) is 10.9 Å². The number of para-hydroxylation sites is 1. The van der Waals surface area contributed by atoms with E-state index in [-0.39, 0.29) is 16.7 Å². The molecule has 1 aromatic carbocycles. The SMILES string of the molecule is CC1(C)C[C@H](NC2CCC2)[C@@]2(CCC(=O)NCCc3c[nH]c4ccccc34)CC[C@](C)(O)C[C@@H]12. The number of carbonyl (C=O) groups excluding carboxylic acids is 1. The van der Waals surface area contributed by atoms with Gasteiger partial charge in [0.15, 0.2) is 0 Å². The van der Waals surface area contributed by atoms with Gasteiger partial charge < -0.3 is 20.7 Å². The number of nitrogens with one attached hydrogen (secondary N) is 3. The maximum Gasteiger partial charge on any atom is 0.220 e. The predicted molar refractivity (Wildman–Crippen MR) is 138 cm³/mol. The Hall–Kier alpha value is -1.85. The Morgan fingerprint density at radius 1 is 1.15 bits per heavy atom. The van der Waals surface area contributed by atoms with E-state index in [0.29, 0.717) is 31.0 Å². The average molecular weight is 466 g/mol. The third-order valence-electron chi connectivity index (χ3n) is 9.59. The lowest BCUT2D eigenvalue weighted by atomic mass is 9.57. The van der Waals surface area contributed by atoms with Crippen LogP contribution in [-0.2, 0) is 11.2 Å². The molecule has 5 nitrogen and oxygen atoms in total. The Bertz CT molecular complexity index is 1020. The molecule has 3 aliphatic rings. The van der Waals surface area contributed by atoms with Crippen molar-refractivity contribution in [1.29, 1.82) is 0 Å². The number of hydrogen-bond donors (Lipinski definition) is 4. The van der Waals surface area contributed by atoms with Gasteiger partial charge in [-0.3, -0.25) is 4.79 Å². The number of amides is 1. The number of aromatic nitrogens is 1. The number of aliphatic hydroxyl groups is 1. The van der Waals surface area contributed by atoms with Gasteiger partial charge in [-0.25, -0.2) is 0 Å². The van der Waals surface area contributed by atoms with Gasteiger partial charge in [0, 0.05) is 42.1 Å². The Morgan fingerprint density at radius 3 is 2.71 bits per heavy atom. The third kappa shape index (κ3) is 4.54. The van der Waals surface area contributed by atoms with Crippen molar-refractivity contribution in [1.82, 2.24) is 15.6 Å². The van der Waals surface area contributed by atoms with E-state index in [1.807, 2.05) is 13.0 Å². The summed E-state index contributed by atoms with van der Waals surface area (Å²) in [4.78, 5) is 16.3. The molecule has 5 rings (SSSR count). The number of aromatic amines is 1. The molecule has 1 aromatic heterocycles. The highest BCUT2D eigenvalue weighted by Crippen LogP contribution is 2.64. The van der Waals surface area contributed by atoms with Crippen LogP contribution in [0.2, 0.25) is 0 Å². The van der Waals surface area contributed by atoms with E-state index >= 15 is 0 Å². The van der Waals surface area contributed by atoms with Crippen molar-refractivity contribution in [2.45, 2.75) is 103 Å². The second kappa shape index (κ2) is 8.98. The van der Waals surface area contributed by atoms with E-state index in [9.17, 15) is 9.90 Å². The fourth-order valence-electron chi connectivity index (χ4n) is 7.43. The average Bonchev–Trinajstić information content (AvgIpc) is 3.26. The molecule has 0 unspecified atom stereocenters. The summed E-state index contributed by atoms with van der Waals surface area (Å²) in [6, 6.07) is 9.42. The summed E-state index contributed by atoms with van der Waals surface area (Å²) in [5, 5.41) is 19.4. The minimum Gasteiger partial charge on any atom is -0.390 e. The monoisotopic (exact) mass is 465 g/mol. The second-order valence-corrected chi connectivity index (χ2v) is 12.5. The van der Waals surface area contributed by atoms with E-state index < -0.39 is 5.60 Å². The first-order chi connectivity index (χ1) is 16.2. The number of carbonyl (C=O) groups is 1. The van der Waals surface area contributed by atoms with Gasteiger partial charge in [0.1, 0.15) is 0 Å². The Labute approximate surface area is 204 Å². The molecule has 0 spiro atoms. The van der Waals surface area contributed by atoms with Gasteiger partial charge in [0.25, 0.3) is 0 Å². The summed E-state index contributed by atoms with van der Waals surface area (Å²) in [7, 11) is 0. The van der Waals surface area contributed by atoms with Crippen LogP contribution in [0.4, 0.5) is 0 Å². The normalized spacial score (nSPS) is 32.9. The number of fused-ring (bicyclic) bond motifs is 2. The summed E-state index contributed by atoms with van der Waals surface area (Å²) < 4.78 is 0. The molecule has 0 radical (unpaired) electrons. The smallest absolute Gasteiger partial charge is 0.220 e. The quantitative estimate of drug-likeness (QED) is 0.439. The molecule has 1 amide bonds. The van der Waals surface area contributed by atoms with Gasteiger partial charge in [-0.15, -0.1) is 0 Å². The third-order valence-corrected chi connectivity index (χ3v) is 9.59. The largest absolute Gasteiger partial charge is 0.390 e. The second-order valence-electron chi connectivity index (χ2n) is 12.5. The fraction of sp³-hybridized carbons (Fsp3) is 0.690. The standard InChI is InChI=1S/C29H43N3O2/c1-27(2)18-25(32-21-7-6-8-21)29(15-14-28(3,34)17-24(27)29)13-11-26(33)30-16-12-20-19-31-23-10-5-4-9-22(20)23/h4-5,9-10,19,21,24-25,31-32,34H,6-8,11-18H2,1-3H3,(H,30,33)/t24-,25-,28-,29-/m0/s1. The number of hydrogen-bond acceptors (Lipinski definition) is 3. The van der Waals surface area contributed by atoms with Crippen molar-refractivity contribution in [3.05, 3.63) is 36.0 Å². The molecular weight excluding hydrogens is 422 g/mol. The first kappa shape index (κ1) is 23.9. The molecule has 5 heteroatoms. The van der Waals surface area contributed by atoms with Gasteiger partial charge in [-0.05, 0) is 86.7 Å². The molecule has 2 aromatic rings. The zero-order valence-electron chi connectivity index (χ0n) is 21.3. The van der Waals surface area contributed by atoms with Crippen LogP contribution < -0.4 is 10.6 Å². The molecule has 4 N–H and O–H groups in total. The number of H-pyrrole nitrogens is 1. The molecule has 0 saturated heterocycles. The molecule has 4 atom stereocenters. The maximum absolute atomic E-state index is 13.0. The van der Waals surface area contributed by atoms with Crippen molar-refractivity contribution < 1.29 is 9.90 Å². The lowest BCUT2D eigenvalue weighted by Crippen LogP contribution is -2.54. The van der Waals surface area contributed by atoms with Crippen molar-refractivity contribution in [3.8, 4) is 0 Å². The van der Waals surface area contributed by atoms with Gasteiger partial charge >= 0.3 is 0 Å². The van der Waals surface area contributed by atoms with E-state index in [2.05, 4.69) is 53.9 Å². The van der Waals surface area contributed by atoms with Crippen molar-refractivity contribution in [3.63, 3.8) is 0 Å². The molecular formula is C29H43N3O2. The first-order valence-electron chi connectivity index (χ1n) is 13.5. The van der Waals surface area contributed by atoms with Gasteiger partial charge in [-0.1, -0.05) is 38.5 Å².